The van der Waals surface area contributed by atoms with E-state index in [1.54, 1.807) is 25.3 Å². The summed E-state index contributed by atoms with van der Waals surface area (Å²) in [6.45, 7) is 1.60. The van der Waals surface area contributed by atoms with Gasteiger partial charge in [0.2, 0.25) is 0 Å². The number of rotatable bonds is 7. The highest BCUT2D eigenvalue weighted by molar-refractivity contribution is 5.95. The number of nitrogens with zero attached hydrogens (tertiary/aromatic N) is 1. The number of amidine groups is 1. The highest BCUT2D eigenvalue weighted by Crippen LogP contribution is 2.22. The monoisotopic (exact) mass is 251 g/mol. The molecule has 0 aliphatic rings. The average Bonchev–Trinajstić information content (AvgIpc) is 2.34. The summed E-state index contributed by atoms with van der Waals surface area (Å²) < 4.78 is 10.8. The molecule has 0 aliphatic carbocycles. The summed E-state index contributed by atoms with van der Waals surface area (Å²) in [6, 6.07) is 5.26. The smallest absolute Gasteiger partial charge is 0.123 e. The van der Waals surface area contributed by atoms with Gasteiger partial charge in [-0.15, -0.1) is 0 Å². The molecule has 0 unspecified atom stereocenters. The van der Waals surface area contributed by atoms with Crippen molar-refractivity contribution in [1.82, 2.24) is 4.90 Å². The van der Waals surface area contributed by atoms with Gasteiger partial charge in [-0.1, -0.05) is 0 Å². The Morgan fingerprint density at radius 3 is 2.50 bits per heavy atom. The molecule has 3 N–H and O–H groups in total. The van der Waals surface area contributed by atoms with E-state index in [9.17, 15) is 0 Å². The molecule has 0 fully saturated rings. The fourth-order valence-corrected chi connectivity index (χ4v) is 1.50. The van der Waals surface area contributed by atoms with E-state index < -0.39 is 0 Å². The Hall–Kier alpha value is -1.75. The highest BCUT2D eigenvalue weighted by Gasteiger charge is 2.04. The number of hydrogen-bond donors (Lipinski definition) is 2. The molecule has 1 aromatic rings. The molecule has 0 bridgehead atoms. The Balaban J connectivity index is 2.64. The first kappa shape index (κ1) is 14.3. The normalized spacial score (nSPS) is 10.4. The zero-order chi connectivity index (χ0) is 13.5. The third-order valence-corrected chi connectivity index (χ3v) is 2.45. The molecule has 0 saturated heterocycles. The molecule has 0 aromatic heterocycles. The zero-order valence-corrected chi connectivity index (χ0v) is 11.2. The minimum atomic E-state index is 0.00652. The maximum Gasteiger partial charge on any atom is 0.123 e. The molecule has 1 aromatic carbocycles. The molecule has 0 heterocycles. The van der Waals surface area contributed by atoms with Gasteiger partial charge in [-0.05, 0) is 32.6 Å². The molecule has 0 spiro atoms. The summed E-state index contributed by atoms with van der Waals surface area (Å²) in [5.41, 5.74) is 6.07. The summed E-state index contributed by atoms with van der Waals surface area (Å²) in [5, 5.41) is 7.43. The van der Waals surface area contributed by atoms with Crippen LogP contribution in [0.5, 0.6) is 11.5 Å². The lowest BCUT2D eigenvalue weighted by atomic mass is 10.2. The third-order valence-electron chi connectivity index (χ3n) is 2.45. The highest BCUT2D eigenvalue weighted by atomic mass is 16.5. The maximum atomic E-state index is 7.43. The lowest BCUT2D eigenvalue weighted by Crippen LogP contribution is -2.16. The van der Waals surface area contributed by atoms with E-state index in [1.165, 1.54) is 0 Å². The van der Waals surface area contributed by atoms with E-state index in [0.717, 1.165) is 13.0 Å². The third kappa shape index (κ3) is 4.63. The molecular weight excluding hydrogens is 230 g/mol. The van der Waals surface area contributed by atoms with Gasteiger partial charge in [0.05, 0.1) is 13.7 Å². The van der Waals surface area contributed by atoms with Gasteiger partial charge in [-0.3, -0.25) is 5.41 Å². The van der Waals surface area contributed by atoms with Crippen LogP contribution in [-0.2, 0) is 0 Å². The Morgan fingerprint density at radius 1 is 1.28 bits per heavy atom. The van der Waals surface area contributed by atoms with Crippen LogP contribution < -0.4 is 15.2 Å². The van der Waals surface area contributed by atoms with Crippen LogP contribution in [0.3, 0.4) is 0 Å². The minimum Gasteiger partial charge on any atom is -0.497 e. The second-order valence-electron chi connectivity index (χ2n) is 4.32. The summed E-state index contributed by atoms with van der Waals surface area (Å²) in [7, 11) is 5.63. The van der Waals surface area contributed by atoms with Gasteiger partial charge in [-0.2, -0.15) is 0 Å². The number of nitrogen functional groups attached to an aromatic ring is 1. The van der Waals surface area contributed by atoms with Gasteiger partial charge < -0.3 is 20.1 Å². The van der Waals surface area contributed by atoms with Crippen molar-refractivity contribution in [2.45, 2.75) is 6.42 Å². The van der Waals surface area contributed by atoms with Gasteiger partial charge >= 0.3 is 0 Å². The van der Waals surface area contributed by atoms with Crippen LogP contribution in [0.4, 0.5) is 0 Å². The number of nitrogens with one attached hydrogen (secondary N) is 1. The molecule has 0 saturated carbocycles. The molecule has 0 radical (unpaired) electrons. The Bertz CT molecular complexity index is 405. The van der Waals surface area contributed by atoms with Gasteiger partial charge in [-0.25, -0.2) is 0 Å². The zero-order valence-electron chi connectivity index (χ0n) is 11.2. The van der Waals surface area contributed by atoms with E-state index in [-0.39, 0.29) is 5.84 Å². The van der Waals surface area contributed by atoms with E-state index in [0.29, 0.717) is 23.7 Å². The van der Waals surface area contributed by atoms with E-state index in [2.05, 4.69) is 4.90 Å². The number of methoxy groups -OCH3 is 1. The average molecular weight is 251 g/mol. The Kier molecular flexibility index (Phi) is 5.45. The van der Waals surface area contributed by atoms with Crippen molar-refractivity contribution < 1.29 is 9.47 Å². The molecule has 5 nitrogen and oxygen atoms in total. The maximum absolute atomic E-state index is 7.43. The molecule has 18 heavy (non-hydrogen) atoms. The largest absolute Gasteiger partial charge is 0.497 e. The SMILES string of the molecule is COc1cc(OCCCN(C)C)cc(C(=N)N)c1. The van der Waals surface area contributed by atoms with Crippen LogP contribution in [0.2, 0.25) is 0 Å². The van der Waals surface area contributed by atoms with E-state index >= 15 is 0 Å². The van der Waals surface area contributed by atoms with E-state index in [4.69, 9.17) is 20.6 Å². The molecule has 1 rings (SSSR count). The summed E-state index contributed by atoms with van der Waals surface area (Å²) in [6.07, 6.45) is 0.944. The van der Waals surface area contributed by atoms with Crippen LogP contribution in [0.15, 0.2) is 18.2 Å². The topological polar surface area (TPSA) is 71.6 Å². The predicted octanol–water partition coefficient (Wildman–Crippen LogP) is 1.31. The Morgan fingerprint density at radius 2 is 1.94 bits per heavy atom. The molecule has 5 heteroatoms. The lowest BCUT2D eigenvalue weighted by Gasteiger charge is -2.12. The van der Waals surface area contributed by atoms with Gasteiger partial charge in [0, 0.05) is 18.2 Å². The second-order valence-corrected chi connectivity index (χ2v) is 4.32. The first-order valence-corrected chi connectivity index (χ1v) is 5.84. The van der Waals surface area contributed by atoms with Crippen molar-refractivity contribution >= 4 is 5.84 Å². The fourth-order valence-electron chi connectivity index (χ4n) is 1.50. The summed E-state index contributed by atoms with van der Waals surface area (Å²) in [5.74, 6) is 1.33. The first-order valence-electron chi connectivity index (χ1n) is 5.84. The minimum absolute atomic E-state index is 0.00652. The van der Waals surface area contributed by atoms with Crippen molar-refractivity contribution in [2.75, 3.05) is 34.4 Å². The quantitative estimate of drug-likeness (QED) is 0.435. The van der Waals surface area contributed by atoms with Crippen molar-refractivity contribution in [3.8, 4) is 11.5 Å². The Labute approximate surface area is 108 Å². The van der Waals surface area contributed by atoms with Gasteiger partial charge in [0.1, 0.15) is 17.3 Å². The van der Waals surface area contributed by atoms with Crippen LogP contribution in [0.1, 0.15) is 12.0 Å². The molecule has 0 amide bonds. The molecule has 0 atom stereocenters. The van der Waals surface area contributed by atoms with Gasteiger partial charge in [0.25, 0.3) is 0 Å². The molecular formula is C13H21N3O2. The standard InChI is InChI=1S/C13H21N3O2/c1-16(2)5-4-6-18-12-8-10(13(14)15)7-11(9-12)17-3/h7-9H,4-6H2,1-3H3,(H3,14,15). The lowest BCUT2D eigenvalue weighted by molar-refractivity contribution is 0.280. The predicted molar refractivity (Wildman–Crippen MR) is 72.7 cm³/mol. The van der Waals surface area contributed by atoms with Crippen LogP contribution >= 0.6 is 0 Å². The van der Waals surface area contributed by atoms with Gasteiger partial charge in [0.15, 0.2) is 0 Å². The number of nitrogens with two attached hydrogens (primary N) is 1. The fraction of sp³-hybridized carbons (Fsp3) is 0.462. The van der Waals surface area contributed by atoms with E-state index in [1.807, 2.05) is 14.1 Å². The van der Waals surface area contributed by atoms with Crippen molar-refractivity contribution in [1.29, 1.82) is 5.41 Å². The number of benzene rings is 1. The van der Waals surface area contributed by atoms with Crippen LogP contribution in [-0.4, -0.2) is 45.1 Å². The van der Waals surface area contributed by atoms with Crippen molar-refractivity contribution in [3.63, 3.8) is 0 Å². The van der Waals surface area contributed by atoms with Crippen LogP contribution in [0.25, 0.3) is 0 Å². The van der Waals surface area contributed by atoms with Crippen molar-refractivity contribution in [3.05, 3.63) is 23.8 Å². The second kappa shape index (κ2) is 6.86. The summed E-state index contributed by atoms with van der Waals surface area (Å²) >= 11 is 0. The first-order chi connectivity index (χ1) is 8.52. The number of ether oxygens (including phenoxy) is 2. The van der Waals surface area contributed by atoms with Crippen molar-refractivity contribution in [2.24, 2.45) is 5.73 Å². The molecule has 100 valence electrons. The molecule has 0 aliphatic heterocycles. The number of hydrogen-bond acceptors (Lipinski definition) is 4. The van der Waals surface area contributed by atoms with Crippen LogP contribution in [0, 0.1) is 5.41 Å². The summed E-state index contributed by atoms with van der Waals surface area (Å²) in [4.78, 5) is 2.11.